The second-order valence-electron chi connectivity index (χ2n) is 5.22. The van der Waals surface area contributed by atoms with Gasteiger partial charge in [-0.25, -0.2) is 0 Å². The molecule has 18 heavy (non-hydrogen) atoms. The molecule has 0 aromatic heterocycles. The van der Waals surface area contributed by atoms with E-state index in [-0.39, 0.29) is 23.6 Å². The third-order valence-corrected chi connectivity index (χ3v) is 3.70. The fourth-order valence-corrected chi connectivity index (χ4v) is 1.85. The summed E-state index contributed by atoms with van der Waals surface area (Å²) in [4.78, 5) is 14.0. The minimum atomic E-state index is -0.125. The number of phenols is 1. The first kappa shape index (κ1) is 14.6. The van der Waals surface area contributed by atoms with Crippen molar-refractivity contribution in [1.29, 1.82) is 0 Å². The summed E-state index contributed by atoms with van der Waals surface area (Å²) in [5, 5.41) is 9.82. The summed E-state index contributed by atoms with van der Waals surface area (Å²) in [5.41, 5.74) is 0.782. The van der Waals surface area contributed by atoms with E-state index >= 15 is 0 Å². The van der Waals surface area contributed by atoms with Gasteiger partial charge in [0, 0.05) is 18.5 Å². The second kappa shape index (κ2) is 5.89. The summed E-state index contributed by atoms with van der Waals surface area (Å²) in [6.45, 7) is 7.96. The Balaban J connectivity index is 2.88. The van der Waals surface area contributed by atoms with Crippen LogP contribution in [-0.4, -0.2) is 23.0 Å². The number of rotatable bonds is 4. The van der Waals surface area contributed by atoms with Gasteiger partial charge in [0.1, 0.15) is 5.75 Å². The third-order valence-electron chi connectivity index (χ3n) is 3.70. The predicted octanol–water partition coefficient (Wildman–Crippen LogP) is 3.20. The van der Waals surface area contributed by atoms with Crippen LogP contribution < -0.4 is 0 Å². The number of phenolic OH excluding ortho intramolecular Hbond substituents is 1. The van der Waals surface area contributed by atoms with Crippen molar-refractivity contribution in [3.63, 3.8) is 0 Å². The number of benzene rings is 1. The van der Waals surface area contributed by atoms with Gasteiger partial charge in [-0.05, 0) is 18.9 Å². The molecule has 1 aromatic rings. The lowest BCUT2D eigenvalue weighted by Crippen LogP contribution is -2.35. The highest BCUT2D eigenvalue weighted by Crippen LogP contribution is 2.28. The number of carbonyl (C=O) groups is 1. The fraction of sp³-hybridized carbons (Fsp3) is 0.533. The lowest BCUT2D eigenvalue weighted by molar-refractivity contribution is -0.136. The molecule has 0 aliphatic rings. The average molecular weight is 249 g/mol. The third kappa shape index (κ3) is 3.03. The van der Waals surface area contributed by atoms with Gasteiger partial charge >= 0.3 is 0 Å². The molecular weight excluding hydrogens is 226 g/mol. The lowest BCUT2D eigenvalue weighted by atomic mass is 9.95. The maximum absolute atomic E-state index is 12.3. The molecule has 0 spiro atoms. The lowest BCUT2D eigenvalue weighted by Gasteiger charge is -2.29. The number of aromatic hydroxyl groups is 1. The maximum Gasteiger partial charge on any atom is 0.225 e. The quantitative estimate of drug-likeness (QED) is 0.890. The number of nitrogens with zero attached hydrogens (tertiary/aromatic N) is 1. The molecule has 0 heterocycles. The molecule has 1 N–H and O–H groups in total. The van der Waals surface area contributed by atoms with Crippen molar-refractivity contribution in [3.8, 4) is 5.75 Å². The molecule has 0 aliphatic heterocycles. The Bertz CT molecular complexity index is 415. The molecule has 0 saturated heterocycles. The molecule has 2 atom stereocenters. The topological polar surface area (TPSA) is 40.5 Å². The minimum Gasteiger partial charge on any atom is -0.508 e. The van der Waals surface area contributed by atoms with Crippen LogP contribution in [-0.2, 0) is 4.79 Å². The molecule has 0 fully saturated rings. The summed E-state index contributed by atoms with van der Waals surface area (Å²) in [6, 6.07) is 7.03. The van der Waals surface area contributed by atoms with Crippen molar-refractivity contribution in [1.82, 2.24) is 4.90 Å². The number of hydrogen-bond acceptors (Lipinski definition) is 2. The summed E-state index contributed by atoms with van der Waals surface area (Å²) < 4.78 is 0. The molecule has 3 heteroatoms. The van der Waals surface area contributed by atoms with E-state index in [2.05, 4.69) is 0 Å². The summed E-state index contributed by atoms with van der Waals surface area (Å²) in [6.07, 6.45) is 0. The molecule has 2 unspecified atom stereocenters. The molecule has 1 rings (SSSR count). The van der Waals surface area contributed by atoms with Crippen LogP contribution in [0, 0.1) is 11.8 Å². The molecule has 3 nitrogen and oxygen atoms in total. The Morgan fingerprint density at radius 2 is 1.72 bits per heavy atom. The van der Waals surface area contributed by atoms with Gasteiger partial charge in [-0.3, -0.25) is 4.79 Å². The Kier molecular flexibility index (Phi) is 4.76. The van der Waals surface area contributed by atoms with Crippen molar-refractivity contribution < 1.29 is 9.90 Å². The monoisotopic (exact) mass is 249 g/mol. The van der Waals surface area contributed by atoms with E-state index in [9.17, 15) is 9.90 Å². The first-order valence-electron chi connectivity index (χ1n) is 6.40. The Hall–Kier alpha value is -1.51. The minimum absolute atomic E-state index is 0.0108. The second-order valence-corrected chi connectivity index (χ2v) is 5.22. The highest BCUT2D eigenvalue weighted by molar-refractivity contribution is 5.79. The van der Waals surface area contributed by atoms with Crippen LogP contribution in [0.5, 0.6) is 5.75 Å². The van der Waals surface area contributed by atoms with E-state index in [0.717, 1.165) is 5.56 Å². The van der Waals surface area contributed by atoms with Crippen LogP contribution >= 0.6 is 0 Å². The number of amides is 1. The molecule has 1 amide bonds. The zero-order valence-corrected chi connectivity index (χ0v) is 11.8. The van der Waals surface area contributed by atoms with Gasteiger partial charge in [0.2, 0.25) is 5.91 Å². The van der Waals surface area contributed by atoms with Crippen molar-refractivity contribution in [2.75, 3.05) is 7.05 Å². The van der Waals surface area contributed by atoms with E-state index in [4.69, 9.17) is 0 Å². The van der Waals surface area contributed by atoms with Gasteiger partial charge in [-0.15, -0.1) is 0 Å². The number of carbonyl (C=O) groups excluding carboxylic acids is 1. The van der Waals surface area contributed by atoms with E-state index < -0.39 is 0 Å². The molecule has 1 aromatic carbocycles. The molecule has 0 saturated carbocycles. The zero-order valence-electron chi connectivity index (χ0n) is 11.8. The predicted molar refractivity (Wildman–Crippen MR) is 73.3 cm³/mol. The Morgan fingerprint density at radius 1 is 1.17 bits per heavy atom. The molecule has 0 aliphatic carbocycles. The van der Waals surface area contributed by atoms with E-state index in [1.807, 2.05) is 39.8 Å². The normalized spacial score (nSPS) is 14.3. The number of hydrogen-bond donors (Lipinski definition) is 1. The summed E-state index contributed by atoms with van der Waals surface area (Å²) >= 11 is 0. The smallest absolute Gasteiger partial charge is 0.225 e. The largest absolute Gasteiger partial charge is 0.508 e. The van der Waals surface area contributed by atoms with Gasteiger partial charge < -0.3 is 10.0 Å². The Labute approximate surface area is 109 Å². The standard InChI is InChI=1S/C15H23NO2/c1-10(2)11(3)15(18)16(5)12(4)13-8-6-7-9-14(13)17/h6-12,17H,1-5H3. The zero-order chi connectivity index (χ0) is 13.9. The van der Waals surface area contributed by atoms with E-state index in [1.54, 1.807) is 24.1 Å². The van der Waals surface area contributed by atoms with Gasteiger partial charge in [0.25, 0.3) is 0 Å². The maximum atomic E-state index is 12.3. The first-order valence-corrected chi connectivity index (χ1v) is 6.40. The van der Waals surface area contributed by atoms with Crippen molar-refractivity contribution >= 4 is 5.91 Å². The van der Waals surface area contributed by atoms with Crippen LogP contribution in [0.4, 0.5) is 0 Å². The van der Waals surface area contributed by atoms with Gasteiger partial charge in [-0.2, -0.15) is 0 Å². The summed E-state index contributed by atoms with van der Waals surface area (Å²) in [7, 11) is 1.79. The van der Waals surface area contributed by atoms with Crippen LogP contribution in [0.3, 0.4) is 0 Å². The molecule has 0 radical (unpaired) electrons. The SMILES string of the molecule is CC(C)C(C)C(=O)N(C)C(C)c1ccccc1O. The van der Waals surface area contributed by atoms with Gasteiger partial charge in [-0.1, -0.05) is 39.0 Å². The molecule has 0 bridgehead atoms. The number of para-hydroxylation sites is 1. The van der Waals surface area contributed by atoms with Crippen molar-refractivity contribution in [2.24, 2.45) is 11.8 Å². The Morgan fingerprint density at radius 3 is 2.22 bits per heavy atom. The summed E-state index contributed by atoms with van der Waals surface area (Å²) in [5.74, 6) is 0.655. The highest BCUT2D eigenvalue weighted by atomic mass is 16.3. The van der Waals surface area contributed by atoms with Crippen LogP contribution in [0.1, 0.15) is 39.3 Å². The molecular formula is C15H23NO2. The van der Waals surface area contributed by atoms with Crippen LogP contribution in [0.25, 0.3) is 0 Å². The fourth-order valence-electron chi connectivity index (χ4n) is 1.85. The van der Waals surface area contributed by atoms with Crippen molar-refractivity contribution in [3.05, 3.63) is 29.8 Å². The van der Waals surface area contributed by atoms with Crippen LogP contribution in [0.15, 0.2) is 24.3 Å². The van der Waals surface area contributed by atoms with Gasteiger partial charge in [0.15, 0.2) is 0 Å². The molecule has 100 valence electrons. The van der Waals surface area contributed by atoms with Crippen molar-refractivity contribution in [2.45, 2.75) is 33.7 Å². The van der Waals surface area contributed by atoms with Gasteiger partial charge in [0.05, 0.1) is 6.04 Å². The van der Waals surface area contributed by atoms with E-state index in [0.29, 0.717) is 5.92 Å². The average Bonchev–Trinajstić information content (AvgIpc) is 2.35. The highest BCUT2D eigenvalue weighted by Gasteiger charge is 2.25. The first-order chi connectivity index (χ1) is 8.36. The van der Waals surface area contributed by atoms with Crippen LogP contribution in [0.2, 0.25) is 0 Å². The van der Waals surface area contributed by atoms with E-state index in [1.165, 1.54) is 0 Å².